The van der Waals surface area contributed by atoms with Crippen LogP contribution in [0.15, 0.2) is 12.1 Å². The van der Waals surface area contributed by atoms with Crippen molar-refractivity contribution in [3.8, 4) is 0 Å². The van der Waals surface area contributed by atoms with Crippen LogP contribution in [0.4, 0.5) is 0 Å². The summed E-state index contributed by atoms with van der Waals surface area (Å²) in [4.78, 5) is 12.5. The fourth-order valence-corrected chi connectivity index (χ4v) is 2.51. The second-order valence-corrected chi connectivity index (χ2v) is 5.63. The number of Topliss-reactive ketones (excluding diaryl/α,β-unsaturated/α-hetero) is 1. The van der Waals surface area contributed by atoms with Gasteiger partial charge in [0.15, 0.2) is 0 Å². The van der Waals surface area contributed by atoms with Gasteiger partial charge in [0, 0.05) is 23.0 Å². The molecule has 0 spiro atoms. The van der Waals surface area contributed by atoms with Crippen LogP contribution in [0.1, 0.15) is 24.1 Å². The minimum absolute atomic E-state index is 0.342. The van der Waals surface area contributed by atoms with Crippen LogP contribution in [-0.4, -0.2) is 11.1 Å². The quantitative estimate of drug-likeness (QED) is 0.723. The van der Waals surface area contributed by atoms with Gasteiger partial charge >= 0.3 is 0 Å². The van der Waals surface area contributed by atoms with Gasteiger partial charge in [0.25, 0.3) is 0 Å². The molecule has 1 aromatic heterocycles. The predicted molar refractivity (Wildman–Crippen MR) is 65.7 cm³/mol. The Morgan fingerprint density at radius 1 is 1.43 bits per heavy atom. The van der Waals surface area contributed by atoms with Crippen LogP contribution >= 0.6 is 38.9 Å². The first-order valence-electron chi connectivity index (χ1n) is 4.54. The molecule has 1 rings (SSSR count). The highest BCUT2D eigenvalue weighted by molar-refractivity contribution is 9.09. The second kappa shape index (κ2) is 6.59. The van der Waals surface area contributed by atoms with E-state index in [1.54, 1.807) is 11.3 Å². The van der Waals surface area contributed by atoms with Crippen molar-refractivity contribution < 1.29 is 4.79 Å². The Kier molecular flexibility index (Phi) is 5.75. The molecule has 0 bridgehead atoms. The van der Waals surface area contributed by atoms with Crippen molar-refractivity contribution in [3.05, 3.63) is 21.3 Å². The number of thiophene rings is 1. The summed E-state index contributed by atoms with van der Waals surface area (Å²) in [5.41, 5.74) is 0. The molecule has 0 aromatic carbocycles. The van der Waals surface area contributed by atoms with Crippen LogP contribution in [-0.2, 0) is 11.2 Å². The van der Waals surface area contributed by atoms with Crippen LogP contribution in [0, 0.1) is 0 Å². The lowest BCUT2D eigenvalue weighted by molar-refractivity contribution is -0.119. The van der Waals surface area contributed by atoms with Gasteiger partial charge in [-0.15, -0.1) is 11.3 Å². The fraction of sp³-hybridized carbons (Fsp3) is 0.500. The summed E-state index contributed by atoms with van der Waals surface area (Å²) in [5, 5.41) is 0.906. The number of alkyl halides is 1. The summed E-state index contributed by atoms with van der Waals surface area (Å²) in [6.45, 7) is 0. The van der Waals surface area contributed by atoms with Crippen molar-refractivity contribution >= 4 is 44.7 Å². The van der Waals surface area contributed by atoms with Crippen LogP contribution in [0.2, 0.25) is 4.34 Å². The summed E-state index contributed by atoms with van der Waals surface area (Å²) in [6.07, 6.45) is 3.09. The molecule has 0 atom stereocenters. The number of aryl methyl sites for hydroxylation is 1. The Bertz CT molecular complexity index is 298. The number of hydrogen-bond acceptors (Lipinski definition) is 2. The predicted octanol–water partition coefficient (Wildman–Crippen LogP) is 4.08. The first kappa shape index (κ1) is 12.2. The molecule has 0 amide bonds. The SMILES string of the molecule is O=C(CCCBr)CCc1ccc(Cl)s1. The summed E-state index contributed by atoms with van der Waals surface area (Å²) in [6, 6.07) is 3.87. The zero-order valence-electron chi connectivity index (χ0n) is 7.76. The smallest absolute Gasteiger partial charge is 0.133 e. The van der Waals surface area contributed by atoms with Crippen LogP contribution in [0.3, 0.4) is 0 Å². The van der Waals surface area contributed by atoms with Crippen LogP contribution < -0.4 is 0 Å². The van der Waals surface area contributed by atoms with Gasteiger partial charge in [0.05, 0.1) is 4.34 Å². The molecule has 78 valence electrons. The van der Waals surface area contributed by atoms with Gasteiger partial charge in [-0.3, -0.25) is 4.79 Å². The van der Waals surface area contributed by atoms with Crippen molar-refractivity contribution in [1.29, 1.82) is 0 Å². The number of carbonyl (C=O) groups excluding carboxylic acids is 1. The van der Waals surface area contributed by atoms with E-state index in [1.165, 1.54) is 4.88 Å². The molecule has 1 nitrogen and oxygen atoms in total. The third-order valence-corrected chi connectivity index (χ3v) is 3.72. The zero-order chi connectivity index (χ0) is 10.4. The molecule has 0 aliphatic rings. The van der Waals surface area contributed by atoms with E-state index in [9.17, 15) is 4.79 Å². The number of hydrogen-bond donors (Lipinski definition) is 0. The number of ketones is 1. The highest BCUT2D eigenvalue weighted by Crippen LogP contribution is 2.22. The van der Waals surface area contributed by atoms with Gasteiger partial charge in [0.2, 0.25) is 0 Å². The first-order valence-corrected chi connectivity index (χ1v) is 6.86. The first-order chi connectivity index (χ1) is 6.72. The number of carbonyl (C=O) groups is 1. The van der Waals surface area contributed by atoms with Crippen LogP contribution in [0.25, 0.3) is 0 Å². The van der Waals surface area contributed by atoms with Crippen molar-refractivity contribution in [2.24, 2.45) is 0 Å². The van der Waals surface area contributed by atoms with E-state index in [2.05, 4.69) is 15.9 Å². The highest BCUT2D eigenvalue weighted by atomic mass is 79.9. The Hall–Kier alpha value is 0.140. The summed E-state index contributed by atoms with van der Waals surface area (Å²) < 4.78 is 0.799. The molecule has 0 unspecified atom stereocenters. The van der Waals surface area contributed by atoms with Gasteiger partial charge in [-0.25, -0.2) is 0 Å². The van der Waals surface area contributed by atoms with E-state index in [4.69, 9.17) is 11.6 Å². The molecule has 0 saturated carbocycles. The van der Waals surface area contributed by atoms with Crippen molar-refractivity contribution in [2.75, 3.05) is 5.33 Å². The molecular weight excluding hydrogens is 284 g/mol. The van der Waals surface area contributed by atoms with E-state index >= 15 is 0 Å². The summed E-state index contributed by atoms with van der Waals surface area (Å²) in [5.74, 6) is 0.342. The van der Waals surface area contributed by atoms with Gasteiger partial charge in [-0.05, 0) is 25.0 Å². The Labute approximate surface area is 102 Å². The van der Waals surface area contributed by atoms with E-state index in [-0.39, 0.29) is 0 Å². The molecule has 0 aliphatic carbocycles. The maximum atomic E-state index is 11.3. The maximum absolute atomic E-state index is 11.3. The normalized spacial score (nSPS) is 10.4. The lowest BCUT2D eigenvalue weighted by atomic mass is 10.1. The maximum Gasteiger partial charge on any atom is 0.133 e. The van der Waals surface area contributed by atoms with E-state index in [1.807, 2.05) is 12.1 Å². The van der Waals surface area contributed by atoms with Crippen molar-refractivity contribution in [3.63, 3.8) is 0 Å². The average Bonchev–Trinajstić information content (AvgIpc) is 2.58. The van der Waals surface area contributed by atoms with E-state index in [0.717, 1.165) is 22.5 Å². The number of rotatable bonds is 6. The second-order valence-electron chi connectivity index (χ2n) is 3.04. The van der Waals surface area contributed by atoms with Crippen molar-refractivity contribution in [1.82, 2.24) is 0 Å². The monoisotopic (exact) mass is 294 g/mol. The minimum atomic E-state index is 0.342. The molecule has 1 aromatic rings. The molecule has 0 radical (unpaired) electrons. The van der Waals surface area contributed by atoms with E-state index in [0.29, 0.717) is 18.6 Å². The van der Waals surface area contributed by atoms with Gasteiger partial charge in [0.1, 0.15) is 5.78 Å². The molecule has 0 fully saturated rings. The van der Waals surface area contributed by atoms with Gasteiger partial charge in [-0.2, -0.15) is 0 Å². The fourth-order valence-electron chi connectivity index (χ4n) is 1.14. The van der Waals surface area contributed by atoms with Gasteiger partial charge in [-0.1, -0.05) is 27.5 Å². The Balaban J connectivity index is 2.23. The zero-order valence-corrected chi connectivity index (χ0v) is 10.9. The molecule has 0 saturated heterocycles. The third kappa shape index (κ3) is 4.58. The molecule has 0 aliphatic heterocycles. The Morgan fingerprint density at radius 3 is 2.79 bits per heavy atom. The molecule has 1 heterocycles. The van der Waals surface area contributed by atoms with E-state index < -0.39 is 0 Å². The average molecular weight is 296 g/mol. The van der Waals surface area contributed by atoms with Gasteiger partial charge < -0.3 is 0 Å². The van der Waals surface area contributed by atoms with Crippen molar-refractivity contribution in [2.45, 2.75) is 25.7 Å². The molecule has 0 N–H and O–H groups in total. The Morgan fingerprint density at radius 2 is 2.21 bits per heavy atom. The lowest BCUT2D eigenvalue weighted by Gasteiger charge is -1.97. The largest absolute Gasteiger partial charge is 0.300 e. The third-order valence-electron chi connectivity index (χ3n) is 1.87. The summed E-state index contributed by atoms with van der Waals surface area (Å²) >= 11 is 10.7. The minimum Gasteiger partial charge on any atom is -0.300 e. The summed E-state index contributed by atoms with van der Waals surface area (Å²) in [7, 11) is 0. The number of halogens is 2. The standard InChI is InChI=1S/C10H12BrClOS/c11-7-1-2-8(13)3-4-9-5-6-10(12)14-9/h5-6H,1-4,7H2. The topological polar surface area (TPSA) is 17.1 Å². The molecule has 14 heavy (non-hydrogen) atoms. The molecular formula is C10H12BrClOS. The highest BCUT2D eigenvalue weighted by Gasteiger charge is 2.03. The van der Waals surface area contributed by atoms with Crippen LogP contribution in [0.5, 0.6) is 0 Å². The molecule has 4 heteroatoms. The lowest BCUT2D eigenvalue weighted by Crippen LogP contribution is -1.99.